The topological polar surface area (TPSA) is 125 Å². The van der Waals surface area contributed by atoms with Crippen LogP contribution in [-0.2, 0) is 9.59 Å². The molecule has 0 radical (unpaired) electrons. The van der Waals surface area contributed by atoms with Crippen LogP contribution in [0.1, 0.15) is 33.2 Å². The summed E-state index contributed by atoms with van der Waals surface area (Å²) in [7, 11) is 0. The van der Waals surface area contributed by atoms with Gasteiger partial charge in [0.25, 0.3) is 11.8 Å². The number of amides is 3. The van der Waals surface area contributed by atoms with Crippen LogP contribution in [0.2, 0.25) is 5.02 Å². The smallest absolute Gasteiger partial charge is 0.335 e. The average molecular weight is 650 g/mol. The lowest BCUT2D eigenvalue weighted by Crippen LogP contribution is -2.30. The number of halogens is 1. The Morgan fingerprint density at radius 3 is 2.22 bits per heavy atom. The van der Waals surface area contributed by atoms with E-state index >= 15 is 0 Å². The number of nitrogens with one attached hydrogen (secondary N) is 3. The molecule has 0 spiro atoms. The molecule has 10 heteroatoms. The molecule has 0 heterocycles. The van der Waals surface area contributed by atoms with E-state index in [2.05, 4.69) is 16.0 Å². The molecule has 5 aromatic carbocycles. The van der Waals surface area contributed by atoms with Crippen LogP contribution < -0.4 is 16.0 Å². The number of anilines is 2. The fraction of sp³-hybridized carbons (Fsp3) is 0.0556. The van der Waals surface area contributed by atoms with E-state index in [1.807, 2.05) is 42.5 Å². The highest BCUT2D eigenvalue weighted by Crippen LogP contribution is 2.28. The summed E-state index contributed by atoms with van der Waals surface area (Å²) in [5, 5.41) is 19.1. The van der Waals surface area contributed by atoms with Gasteiger partial charge in [0.05, 0.1) is 21.5 Å². The molecule has 0 saturated heterocycles. The molecule has 0 bridgehead atoms. The van der Waals surface area contributed by atoms with Gasteiger partial charge >= 0.3 is 5.97 Å². The van der Waals surface area contributed by atoms with Crippen molar-refractivity contribution in [2.75, 3.05) is 10.6 Å². The Hall–Kier alpha value is -5.38. The molecule has 5 rings (SSSR count). The van der Waals surface area contributed by atoms with Crippen LogP contribution in [0.3, 0.4) is 0 Å². The van der Waals surface area contributed by atoms with Crippen molar-refractivity contribution < 1.29 is 24.3 Å². The highest BCUT2D eigenvalue weighted by Gasteiger charge is 2.18. The van der Waals surface area contributed by atoms with Crippen molar-refractivity contribution >= 4 is 75.3 Å². The Morgan fingerprint density at radius 2 is 1.48 bits per heavy atom. The molecule has 3 amide bonds. The second-order valence-electron chi connectivity index (χ2n) is 10.2. The zero-order chi connectivity index (χ0) is 32.6. The van der Waals surface area contributed by atoms with Gasteiger partial charge in [-0.1, -0.05) is 72.3 Å². The van der Waals surface area contributed by atoms with E-state index < -0.39 is 23.0 Å². The Labute approximate surface area is 274 Å². The van der Waals surface area contributed by atoms with Gasteiger partial charge in [-0.25, -0.2) is 4.79 Å². The molecule has 230 valence electrons. The van der Waals surface area contributed by atoms with E-state index in [9.17, 15) is 24.3 Å². The Balaban J connectivity index is 1.30. The molecular formula is C36H28ClN3O5S. The first-order valence-corrected chi connectivity index (χ1v) is 15.4. The number of carbonyl (C=O) groups is 4. The van der Waals surface area contributed by atoms with Crippen molar-refractivity contribution in [3.05, 3.63) is 143 Å². The molecule has 1 atom stereocenters. The maximum Gasteiger partial charge on any atom is 0.335 e. The molecule has 0 saturated carbocycles. The number of hydrogen-bond acceptors (Lipinski definition) is 5. The van der Waals surface area contributed by atoms with E-state index in [1.165, 1.54) is 30.0 Å². The summed E-state index contributed by atoms with van der Waals surface area (Å²) in [5.74, 6) is -2.41. The fourth-order valence-electron chi connectivity index (χ4n) is 4.54. The van der Waals surface area contributed by atoms with Gasteiger partial charge in [0, 0.05) is 16.1 Å². The molecule has 1 unspecified atom stereocenters. The number of rotatable bonds is 10. The maximum absolute atomic E-state index is 13.5. The van der Waals surface area contributed by atoms with Gasteiger partial charge in [0.2, 0.25) is 5.91 Å². The Bertz CT molecular complexity index is 1960. The number of hydrogen-bond donors (Lipinski definition) is 4. The molecule has 0 aliphatic heterocycles. The zero-order valence-corrected chi connectivity index (χ0v) is 26.1. The molecule has 5 aromatic rings. The minimum Gasteiger partial charge on any atom is -0.478 e. The normalized spacial score (nSPS) is 11.8. The number of fused-ring (bicyclic) bond motifs is 1. The van der Waals surface area contributed by atoms with Crippen molar-refractivity contribution in [2.45, 2.75) is 17.1 Å². The van der Waals surface area contributed by atoms with E-state index in [0.29, 0.717) is 11.3 Å². The van der Waals surface area contributed by atoms with E-state index in [0.717, 1.165) is 21.2 Å². The van der Waals surface area contributed by atoms with Crippen molar-refractivity contribution in [2.24, 2.45) is 0 Å². The summed E-state index contributed by atoms with van der Waals surface area (Å²) < 4.78 is 0. The molecule has 0 aliphatic carbocycles. The summed E-state index contributed by atoms with van der Waals surface area (Å²) in [6.45, 7) is 1.71. The summed E-state index contributed by atoms with van der Waals surface area (Å²) in [4.78, 5) is 51.5. The highest BCUT2D eigenvalue weighted by molar-refractivity contribution is 8.00. The third kappa shape index (κ3) is 8.01. The maximum atomic E-state index is 13.5. The highest BCUT2D eigenvalue weighted by atomic mass is 35.5. The predicted octanol–water partition coefficient (Wildman–Crippen LogP) is 7.72. The lowest BCUT2D eigenvalue weighted by molar-refractivity contribution is -0.115. The number of carboxylic acid groups (broad SMARTS) is 1. The molecular weight excluding hydrogens is 622 g/mol. The summed E-state index contributed by atoms with van der Waals surface area (Å²) >= 11 is 7.42. The Kier molecular flexibility index (Phi) is 10.2. The van der Waals surface area contributed by atoms with Crippen LogP contribution in [0.4, 0.5) is 11.4 Å². The van der Waals surface area contributed by atoms with Crippen LogP contribution in [0.15, 0.2) is 126 Å². The number of carbonyl (C=O) groups excluding carboxylic acids is 3. The van der Waals surface area contributed by atoms with Crippen molar-refractivity contribution in [1.82, 2.24) is 5.32 Å². The van der Waals surface area contributed by atoms with Gasteiger partial charge in [-0.05, 0) is 83.9 Å². The third-order valence-electron chi connectivity index (χ3n) is 6.92. The summed E-state index contributed by atoms with van der Waals surface area (Å²) in [6.07, 6.45) is 1.65. The van der Waals surface area contributed by atoms with Gasteiger partial charge in [0.1, 0.15) is 5.70 Å². The number of aromatic carboxylic acids is 1. The lowest BCUT2D eigenvalue weighted by atomic mass is 10.0. The van der Waals surface area contributed by atoms with Gasteiger partial charge in [0.15, 0.2) is 0 Å². The number of thioether (sulfide) groups is 1. The van der Waals surface area contributed by atoms with Crippen LogP contribution in [0.25, 0.3) is 16.8 Å². The standard InChI is InChI=1S/C36H28ClN3O5S/c1-22(33(41)39-31-21-26(36(44)45)14-19-30(31)37)46-28-17-15-27(16-18-28)38-35(43)32(40-34(42)24-9-3-2-4-10-24)20-25-12-7-11-23-8-5-6-13-29(23)25/h2-22H,1H3,(H,38,43)(H,39,41)(H,40,42)(H,44,45)/b32-20-. The fourth-order valence-corrected chi connectivity index (χ4v) is 5.57. The van der Waals surface area contributed by atoms with E-state index in [-0.39, 0.29) is 27.9 Å². The quantitative estimate of drug-likeness (QED) is 0.0907. The van der Waals surface area contributed by atoms with E-state index in [4.69, 9.17) is 11.6 Å². The first-order chi connectivity index (χ1) is 22.2. The van der Waals surface area contributed by atoms with Gasteiger partial charge in [-0.2, -0.15) is 0 Å². The van der Waals surface area contributed by atoms with Gasteiger partial charge in [-0.15, -0.1) is 11.8 Å². The van der Waals surface area contributed by atoms with Gasteiger partial charge < -0.3 is 21.1 Å². The SMILES string of the molecule is CC(Sc1ccc(NC(=O)/C(=C/c2cccc3ccccc23)NC(=O)c2ccccc2)cc1)C(=O)Nc1cc(C(=O)O)ccc1Cl. The minimum atomic E-state index is -1.13. The first-order valence-electron chi connectivity index (χ1n) is 14.2. The molecule has 8 nitrogen and oxygen atoms in total. The summed E-state index contributed by atoms with van der Waals surface area (Å²) in [6, 6.07) is 33.2. The molecule has 0 fully saturated rings. The third-order valence-corrected chi connectivity index (χ3v) is 8.36. The molecule has 4 N–H and O–H groups in total. The van der Waals surface area contributed by atoms with Crippen LogP contribution in [0.5, 0.6) is 0 Å². The lowest BCUT2D eigenvalue weighted by Gasteiger charge is -2.14. The Morgan fingerprint density at radius 1 is 0.783 bits per heavy atom. The minimum absolute atomic E-state index is 0.00685. The van der Waals surface area contributed by atoms with Crippen LogP contribution in [-0.4, -0.2) is 34.0 Å². The van der Waals surface area contributed by atoms with Crippen molar-refractivity contribution in [1.29, 1.82) is 0 Å². The van der Waals surface area contributed by atoms with E-state index in [1.54, 1.807) is 67.6 Å². The number of carboxylic acids is 1. The number of benzene rings is 5. The second kappa shape index (κ2) is 14.6. The molecule has 46 heavy (non-hydrogen) atoms. The van der Waals surface area contributed by atoms with Crippen LogP contribution in [0, 0.1) is 0 Å². The molecule has 0 aromatic heterocycles. The zero-order valence-electron chi connectivity index (χ0n) is 24.5. The first kappa shape index (κ1) is 32.0. The van der Waals surface area contributed by atoms with Gasteiger partial charge in [-0.3, -0.25) is 14.4 Å². The predicted molar refractivity (Wildman–Crippen MR) is 183 cm³/mol. The van der Waals surface area contributed by atoms with Crippen LogP contribution >= 0.6 is 23.4 Å². The van der Waals surface area contributed by atoms with Crippen molar-refractivity contribution in [3.8, 4) is 0 Å². The second-order valence-corrected chi connectivity index (χ2v) is 12.0. The van der Waals surface area contributed by atoms with Crippen molar-refractivity contribution in [3.63, 3.8) is 0 Å². The largest absolute Gasteiger partial charge is 0.478 e. The molecule has 0 aliphatic rings. The monoisotopic (exact) mass is 649 g/mol. The average Bonchev–Trinajstić information content (AvgIpc) is 3.06. The summed E-state index contributed by atoms with van der Waals surface area (Å²) in [5.41, 5.74) is 1.96.